The summed E-state index contributed by atoms with van der Waals surface area (Å²) < 4.78 is 16.8. The summed E-state index contributed by atoms with van der Waals surface area (Å²) >= 11 is 0. The van der Waals surface area contributed by atoms with Crippen molar-refractivity contribution >= 4 is 17.9 Å². The van der Waals surface area contributed by atoms with Gasteiger partial charge in [-0.3, -0.25) is 14.4 Å². The van der Waals surface area contributed by atoms with Gasteiger partial charge in [-0.2, -0.15) is 0 Å². The molecule has 0 spiro atoms. The quantitative estimate of drug-likeness (QED) is 0.0261. The predicted octanol–water partition coefficient (Wildman–Crippen LogP) is 22.2. The van der Waals surface area contributed by atoms with E-state index in [9.17, 15) is 14.4 Å². The zero-order valence-electron chi connectivity index (χ0n) is 50.4. The first-order valence-electron chi connectivity index (χ1n) is 32.4. The minimum absolute atomic E-state index is 0.103. The second kappa shape index (κ2) is 64.6. The SMILES string of the molecule is CC/C=C\C/C=C\C/C=C\C/C=C\C/C=C\CCCCCCCCCCCCCCCCCCCC(=O)OCC(COC(=O)CCCCCCCCCCCCCCC)OC(=O)CC/C=C\C/C=C\C/C=C\C/C=C\CC. The molecule has 6 heteroatoms. The second-order valence-corrected chi connectivity index (χ2v) is 21.3. The van der Waals surface area contributed by atoms with Crippen molar-refractivity contribution in [2.24, 2.45) is 0 Å². The molecule has 0 aromatic heterocycles. The number of carbonyl (C=O) groups excluding carboxylic acids is 3. The molecule has 77 heavy (non-hydrogen) atoms. The highest BCUT2D eigenvalue weighted by atomic mass is 16.6. The van der Waals surface area contributed by atoms with Crippen molar-refractivity contribution in [3.8, 4) is 0 Å². The average molecular weight is 1070 g/mol. The van der Waals surface area contributed by atoms with Crippen LogP contribution in [0.2, 0.25) is 0 Å². The van der Waals surface area contributed by atoms with Gasteiger partial charge in [0, 0.05) is 19.3 Å². The topological polar surface area (TPSA) is 78.9 Å². The molecule has 0 aliphatic heterocycles. The van der Waals surface area contributed by atoms with Crippen LogP contribution in [0.1, 0.15) is 303 Å². The van der Waals surface area contributed by atoms with Crippen molar-refractivity contribution in [2.45, 2.75) is 309 Å². The van der Waals surface area contributed by atoms with Crippen LogP contribution in [-0.4, -0.2) is 37.2 Å². The third-order valence-electron chi connectivity index (χ3n) is 13.8. The van der Waals surface area contributed by atoms with Crippen molar-refractivity contribution in [1.82, 2.24) is 0 Å². The van der Waals surface area contributed by atoms with E-state index in [1.165, 1.54) is 161 Å². The molecule has 440 valence electrons. The molecule has 6 nitrogen and oxygen atoms in total. The van der Waals surface area contributed by atoms with Gasteiger partial charge in [0.05, 0.1) is 0 Å². The lowest BCUT2D eigenvalue weighted by Gasteiger charge is -2.18. The highest BCUT2D eigenvalue weighted by molar-refractivity contribution is 5.71. The Kier molecular flexibility index (Phi) is 61.3. The van der Waals surface area contributed by atoms with Crippen molar-refractivity contribution in [2.75, 3.05) is 13.2 Å². The van der Waals surface area contributed by atoms with E-state index in [4.69, 9.17) is 14.2 Å². The van der Waals surface area contributed by atoms with E-state index in [0.29, 0.717) is 19.3 Å². The minimum atomic E-state index is -0.813. The van der Waals surface area contributed by atoms with E-state index in [1.807, 2.05) is 6.08 Å². The summed E-state index contributed by atoms with van der Waals surface area (Å²) in [5.41, 5.74) is 0. The van der Waals surface area contributed by atoms with Crippen molar-refractivity contribution in [3.05, 3.63) is 109 Å². The van der Waals surface area contributed by atoms with Gasteiger partial charge in [0.1, 0.15) is 13.2 Å². The van der Waals surface area contributed by atoms with Gasteiger partial charge >= 0.3 is 17.9 Å². The Labute approximate surface area is 476 Å². The number of hydrogen-bond donors (Lipinski definition) is 0. The molecule has 1 unspecified atom stereocenters. The fourth-order valence-corrected chi connectivity index (χ4v) is 9.01. The molecule has 0 saturated carbocycles. The summed E-state index contributed by atoms with van der Waals surface area (Å²) in [7, 11) is 0. The largest absolute Gasteiger partial charge is 0.462 e. The molecule has 0 aromatic rings. The van der Waals surface area contributed by atoms with Crippen molar-refractivity contribution in [3.63, 3.8) is 0 Å². The maximum atomic E-state index is 12.8. The summed E-state index contributed by atoms with van der Waals surface area (Å²) in [5.74, 6) is -0.976. The van der Waals surface area contributed by atoms with Gasteiger partial charge in [0.2, 0.25) is 0 Å². The van der Waals surface area contributed by atoms with Crippen LogP contribution in [-0.2, 0) is 28.6 Å². The molecule has 0 amide bonds. The standard InChI is InChI=1S/C71H120O6/c1-4-7-10-13-16-19-22-25-26-27-28-29-30-31-32-33-34-35-36-37-38-39-40-41-42-43-44-47-49-52-55-58-61-64-70(73)76-67-68(77-71(74)65-62-59-56-53-50-46-24-21-18-15-12-9-6-3)66-75-69(72)63-60-57-54-51-48-45-23-20-17-14-11-8-5-2/h7,9-10,12,16,18-19,21,25-26,28-29,31-32,46,50,56,59,68H,4-6,8,11,13-15,17,20,22-24,27,30,33-45,47-49,51-55,57-58,60-67H2,1-3H3/b10-7-,12-9-,19-16-,21-18-,26-25-,29-28-,32-31-,50-46-,59-56-. The number of esters is 3. The molecule has 0 aliphatic carbocycles. The Morgan fingerprint density at radius 2 is 0.532 bits per heavy atom. The molecule has 0 heterocycles. The molecule has 0 N–H and O–H groups in total. The number of hydrogen-bond acceptors (Lipinski definition) is 6. The minimum Gasteiger partial charge on any atom is -0.462 e. The van der Waals surface area contributed by atoms with E-state index in [0.717, 1.165) is 96.3 Å². The van der Waals surface area contributed by atoms with Gasteiger partial charge in [-0.25, -0.2) is 0 Å². The molecule has 0 aromatic carbocycles. The van der Waals surface area contributed by atoms with Crippen LogP contribution in [0.3, 0.4) is 0 Å². The Bertz CT molecular complexity index is 1560. The zero-order chi connectivity index (χ0) is 55.7. The summed E-state index contributed by atoms with van der Waals surface area (Å²) in [6.45, 7) is 6.37. The van der Waals surface area contributed by atoms with Gasteiger partial charge in [-0.05, 0) is 89.9 Å². The molecule has 0 saturated heterocycles. The van der Waals surface area contributed by atoms with Crippen molar-refractivity contribution < 1.29 is 28.6 Å². The third-order valence-corrected chi connectivity index (χ3v) is 13.8. The molecule has 0 aliphatic rings. The summed E-state index contributed by atoms with van der Waals surface area (Å²) in [4.78, 5) is 38.2. The lowest BCUT2D eigenvalue weighted by Crippen LogP contribution is -2.30. The maximum absolute atomic E-state index is 12.8. The smallest absolute Gasteiger partial charge is 0.306 e. The van der Waals surface area contributed by atoms with E-state index in [-0.39, 0.29) is 37.5 Å². The number of unbranched alkanes of at least 4 members (excludes halogenated alkanes) is 29. The van der Waals surface area contributed by atoms with Gasteiger partial charge < -0.3 is 14.2 Å². The highest BCUT2D eigenvalue weighted by Gasteiger charge is 2.19. The van der Waals surface area contributed by atoms with Crippen LogP contribution in [0.25, 0.3) is 0 Å². The molecule has 0 bridgehead atoms. The maximum Gasteiger partial charge on any atom is 0.306 e. The van der Waals surface area contributed by atoms with Crippen LogP contribution >= 0.6 is 0 Å². The first-order valence-corrected chi connectivity index (χ1v) is 32.4. The fraction of sp³-hybridized carbons (Fsp3) is 0.704. The fourth-order valence-electron chi connectivity index (χ4n) is 9.01. The molecule has 0 rings (SSSR count). The third kappa shape index (κ3) is 62.8. The summed E-state index contributed by atoms with van der Waals surface area (Å²) in [6.07, 6.45) is 88.5. The second-order valence-electron chi connectivity index (χ2n) is 21.3. The first kappa shape index (κ1) is 73.1. The summed E-state index contributed by atoms with van der Waals surface area (Å²) in [5, 5.41) is 0. The molecule has 0 fully saturated rings. The number of rotatable bonds is 58. The average Bonchev–Trinajstić information content (AvgIpc) is 3.43. The predicted molar refractivity (Wildman–Crippen MR) is 334 cm³/mol. The summed E-state index contributed by atoms with van der Waals surface area (Å²) in [6, 6.07) is 0. The van der Waals surface area contributed by atoms with Gasteiger partial charge in [0.25, 0.3) is 0 Å². The van der Waals surface area contributed by atoms with Crippen LogP contribution in [0.4, 0.5) is 0 Å². The van der Waals surface area contributed by atoms with Gasteiger partial charge in [-0.15, -0.1) is 0 Å². The molecule has 1 atom stereocenters. The highest BCUT2D eigenvalue weighted by Crippen LogP contribution is 2.17. The normalized spacial score (nSPS) is 12.8. The molecule has 0 radical (unpaired) electrons. The van der Waals surface area contributed by atoms with E-state index in [2.05, 4.69) is 124 Å². The van der Waals surface area contributed by atoms with Crippen LogP contribution in [0.15, 0.2) is 109 Å². The molecular formula is C71H120O6. The Balaban J connectivity index is 4.16. The number of carbonyl (C=O) groups is 3. The van der Waals surface area contributed by atoms with Crippen molar-refractivity contribution in [1.29, 1.82) is 0 Å². The lowest BCUT2D eigenvalue weighted by molar-refractivity contribution is -0.166. The Morgan fingerprint density at radius 1 is 0.273 bits per heavy atom. The Morgan fingerprint density at radius 3 is 0.844 bits per heavy atom. The van der Waals surface area contributed by atoms with Crippen LogP contribution < -0.4 is 0 Å². The Hall–Kier alpha value is -3.93. The van der Waals surface area contributed by atoms with Gasteiger partial charge in [0.15, 0.2) is 6.10 Å². The monoisotopic (exact) mass is 1070 g/mol. The number of allylic oxidation sites excluding steroid dienone is 18. The van der Waals surface area contributed by atoms with Gasteiger partial charge in [-0.1, -0.05) is 304 Å². The zero-order valence-corrected chi connectivity index (χ0v) is 50.4. The first-order chi connectivity index (χ1) is 38.0. The lowest BCUT2D eigenvalue weighted by atomic mass is 10.0. The van der Waals surface area contributed by atoms with Crippen LogP contribution in [0, 0.1) is 0 Å². The number of ether oxygens (including phenoxy) is 3. The van der Waals surface area contributed by atoms with E-state index < -0.39 is 6.10 Å². The van der Waals surface area contributed by atoms with Crippen LogP contribution in [0.5, 0.6) is 0 Å². The van der Waals surface area contributed by atoms with E-state index in [1.54, 1.807) is 0 Å². The van der Waals surface area contributed by atoms with E-state index >= 15 is 0 Å². The molecular weight excluding hydrogens is 949 g/mol.